The van der Waals surface area contributed by atoms with Crippen LogP contribution >= 0.6 is 0 Å². The van der Waals surface area contributed by atoms with Crippen LogP contribution < -0.4 is 4.74 Å². The second kappa shape index (κ2) is 9.19. The van der Waals surface area contributed by atoms with E-state index in [1.165, 1.54) is 0 Å². The summed E-state index contributed by atoms with van der Waals surface area (Å²) in [7, 11) is 0. The number of carbonyl (C=O) groups is 2. The van der Waals surface area contributed by atoms with E-state index in [2.05, 4.69) is 20.8 Å². The first-order valence-corrected chi connectivity index (χ1v) is 11.2. The highest BCUT2D eigenvalue weighted by Gasteiger charge is 2.45. The lowest BCUT2D eigenvalue weighted by molar-refractivity contribution is -0.139. The Bertz CT molecular complexity index is 1030. The molecule has 32 heavy (non-hydrogen) atoms. The molecule has 0 bridgehead atoms. The fraction of sp³-hybridized carbons (Fsp3) is 0.407. The van der Waals surface area contributed by atoms with Gasteiger partial charge in [0.15, 0.2) is 0 Å². The molecule has 1 aliphatic rings. The third-order valence-corrected chi connectivity index (χ3v) is 5.58. The topological polar surface area (TPSA) is 66.8 Å². The molecule has 2 aromatic rings. The van der Waals surface area contributed by atoms with Crippen molar-refractivity contribution >= 4 is 17.4 Å². The molecule has 5 nitrogen and oxygen atoms in total. The van der Waals surface area contributed by atoms with Crippen LogP contribution in [0.1, 0.15) is 70.7 Å². The predicted octanol–water partition coefficient (Wildman–Crippen LogP) is 5.60. The van der Waals surface area contributed by atoms with Crippen LogP contribution in [0.25, 0.3) is 5.76 Å². The van der Waals surface area contributed by atoms with Gasteiger partial charge in [0, 0.05) is 12.1 Å². The van der Waals surface area contributed by atoms with Crippen LogP contribution in [0, 0.1) is 0 Å². The van der Waals surface area contributed by atoms with Crippen molar-refractivity contribution in [2.45, 2.75) is 65.5 Å². The molecule has 0 saturated carbocycles. The van der Waals surface area contributed by atoms with Crippen molar-refractivity contribution < 1.29 is 19.4 Å². The van der Waals surface area contributed by atoms with Crippen molar-refractivity contribution in [2.24, 2.45) is 0 Å². The van der Waals surface area contributed by atoms with E-state index in [-0.39, 0.29) is 22.9 Å². The monoisotopic (exact) mass is 435 g/mol. The van der Waals surface area contributed by atoms with E-state index in [9.17, 15) is 14.7 Å². The summed E-state index contributed by atoms with van der Waals surface area (Å²) in [6.07, 6.45) is 0.685. The van der Waals surface area contributed by atoms with E-state index in [4.69, 9.17) is 4.74 Å². The van der Waals surface area contributed by atoms with Crippen LogP contribution in [0.3, 0.4) is 0 Å². The van der Waals surface area contributed by atoms with Crippen LogP contribution in [0.5, 0.6) is 5.75 Å². The molecule has 1 saturated heterocycles. The number of aliphatic hydroxyl groups excluding tert-OH is 1. The molecule has 3 rings (SSSR count). The standard InChI is InChI=1S/C27H33NO4/c1-7-15-28-23(18-11-13-20(14-12-18)27(4,5)6)22(25(30)26(28)31)24(29)19-9-8-10-21(16-19)32-17(2)3/h8-14,16-17,23,29H,7,15H2,1-6H3/b24-22-. The summed E-state index contributed by atoms with van der Waals surface area (Å²) in [4.78, 5) is 27.5. The van der Waals surface area contributed by atoms with E-state index in [1.54, 1.807) is 29.2 Å². The maximum Gasteiger partial charge on any atom is 0.295 e. The van der Waals surface area contributed by atoms with Gasteiger partial charge in [0.05, 0.1) is 17.7 Å². The lowest BCUT2D eigenvalue weighted by atomic mass is 9.85. The van der Waals surface area contributed by atoms with Gasteiger partial charge in [-0.1, -0.05) is 64.1 Å². The molecule has 1 heterocycles. The number of benzene rings is 2. The fourth-order valence-corrected chi connectivity index (χ4v) is 4.01. The van der Waals surface area contributed by atoms with Crippen molar-refractivity contribution in [2.75, 3.05) is 6.54 Å². The molecule has 1 amide bonds. The lowest BCUT2D eigenvalue weighted by Gasteiger charge is -2.26. The number of hydrogen-bond donors (Lipinski definition) is 1. The van der Waals surface area contributed by atoms with Gasteiger partial charge < -0.3 is 14.7 Å². The second-order valence-corrected chi connectivity index (χ2v) is 9.56. The van der Waals surface area contributed by atoms with Gasteiger partial charge in [0.25, 0.3) is 11.7 Å². The molecule has 2 aromatic carbocycles. The van der Waals surface area contributed by atoms with Crippen molar-refractivity contribution in [1.82, 2.24) is 4.90 Å². The molecule has 170 valence electrons. The molecule has 1 fully saturated rings. The van der Waals surface area contributed by atoms with Crippen LogP contribution in [0.4, 0.5) is 0 Å². The minimum Gasteiger partial charge on any atom is -0.507 e. The second-order valence-electron chi connectivity index (χ2n) is 9.56. The number of rotatable bonds is 6. The highest BCUT2D eigenvalue weighted by Crippen LogP contribution is 2.40. The number of ketones is 1. The predicted molar refractivity (Wildman–Crippen MR) is 127 cm³/mol. The van der Waals surface area contributed by atoms with Gasteiger partial charge in [-0.3, -0.25) is 9.59 Å². The highest BCUT2D eigenvalue weighted by atomic mass is 16.5. The number of amides is 1. The molecule has 5 heteroatoms. The summed E-state index contributed by atoms with van der Waals surface area (Å²) in [5.41, 5.74) is 2.53. The molecule has 1 N–H and O–H groups in total. The maximum atomic E-state index is 13.0. The Labute approximate surface area is 190 Å². The SMILES string of the molecule is CCCN1C(=O)C(=O)/C(=C(\O)c2cccc(OC(C)C)c2)C1c1ccc(C(C)(C)C)cc1. The number of Topliss-reactive ketones (excluding diaryl/α,β-unsaturated/α-hetero) is 1. The molecule has 1 unspecified atom stereocenters. The van der Waals surface area contributed by atoms with E-state index in [0.717, 1.165) is 11.1 Å². The number of likely N-dealkylation sites (tertiary alicyclic amines) is 1. The zero-order valence-corrected chi connectivity index (χ0v) is 19.8. The van der Waals surface area contributed by atoms with Gasteiger partial charge in [0.1, 0.15) is 11.5 Å². The smallest absolute Gasteiger partial charge is 0.295 e. The number of aliphatic hydroxyl groups is 1. The minimum absolute atomic E-state index is 0.0133. The summed E-state index contributed by atoms with van der Waals surface area (Å²) >= 11 is 0. The van der Waals surface area contributed by atoms with Gasteiger partial charge in [-0.2, -0.15) is 0 Å². The largest absolute Gasteiger partial charge is 0.507 e. The quantitative estimate of drug-likeness (QED) is 0.364. The van der Waals surface area contributed by atoms with Crippen molar-refractivity contribution in [3.63, 3.8) is 0 Å². The Hall–Kier alpha value is -3.08. The van der Waals surface area contributed by atoms with Crippen LogP contribution in [0.15, 0.2) is 54.1 Å². The van der Waals surface area contributed by atoms with E-state index >= 15 is 0 Å². The summed E-state index contributed by atoms with van der Waals surface area (Å²) in [5.74, 6) is -0.817. The number of carbonyl (C=O) groups excluding carboxylic acids is 2. The fourth-order valence-electron chi connectivity index (χ4n) is 4.01. The van der Waals surface area contributed by atoms with Crippen LogP contribution in [-0.4, -0.2) is 34.3 Å². The Morgan fingerprint density at radius 2 is 1.75 bits per heavy atom. The van der Waals surface area contributed by atoms with E-state index < -0.39 is 17.7 Å². The molecule has 1 atom stereocenters. The molecule has 0 radical (unpaired) electrons. The molecular weight excluding hydrogens is 402 g/mol. The Morgan fingerprint density at radius 3 is 2.31 bits per heavy atom. The lowest BCUT2D eigenvalue weighted by Crippen LogP contribution is -2.30. The van der Waals surface area contributed by atoms with Gasteiger partial charge in [0.2, 0.25) is 0 Å². The summed E-state index contributed by atoms with van der Waals surface area (Å²) in [6.45, 7) is 12.6. The first kappa shape index (κ1) is 23.6. The van der Waals surface area contributed by atoms with Crippen molar-refractivity contribution in [1.29, 1.82) is 0 Å². The number of ether oxygens (including phenoxy) is 1. The molecule has 0 aromatic heterocycles. The third-order valence-electron chi connectivity index (χ3n) is 5.58. The van der Waals surface area contributed by atoms with Gasteiger partial charge in [-0.05, 0) is 48.9 Å². The Morgan fingerprint density at radius 1 is 1.09 bits per heavy atom. The van der Waals surface area contributed by atoms with Gasteiger partial charge in [-0.15, -0.1) is 0 Å². The Balaban J connectivity index is 2.13. The zero-order valence-electron chi connectivity index (χ0n) is 19.8. The summed E-state index contributed by atoms with van der Waals surface area (Å²) in [5, 5.41) is 11.2. The van der Waals surface area contributed by atoms with Gasteiger partial charge >= 0.3 is 0 Å². The first-order valence-electron chi connectivity index (χ1n) is 11.2. The molecule has 0 aliphatic carbocycles. The highest BCUT2D eigenvalue weighted by molar-refractivity contribution is 6.46. The van der Waals surface area contributed by atoms with E-state index in [1.807, 2.05) is 45.0 Å². The number of hydrogen-bond acceptors (Lipinski definition) is 4. The first-order chi connectivity index (χ1) is 15.0. The third kappa shape index (κ3) is 4.72. The van der Waals surface area contributed by atoms with Crippen molar-refractivity contribution in [3.8, 4) is 5.75 Å². The van der Waals surface area contributed by atoms with Crippen molar-refractivity contribution in [3.05, 3.63) is 70.8 Å². The summed E-state index contributed by atoms with van der Waals surface area (Å²) < 4.78 is 5.74. The Kier molecular flexibility index (Phi) is 6.77. The average Bonchev–Trinajstić information content (AvgIpc) is 2.98. The molecule has 1 aliphatic heterocycles. The van der Waals surface area contributed by atoms with Crippen LogP contribution in [0.2, 0.25) is 0 Å². The molecular formula is C27H33NO4. The minimum atomic E-state index is -0.656. The van der Waals surface area contributed by atoms with Gasteiger partial charge in [-0.25, -0.2) is 0 Å². The van der Waals surface area contributed by atoms with Crippen LogP contribution in [-0.2, 0) is 15.0 Å². The summed E-state index contributed by atoms with van der Waals surface area (Å²) in [6, 6.07) is 14.3. The average molecular weight is 436 g/mol. The molecule has 0 spiro atoms. The zero-order chi connectivity index (χ0) is 23.6. The van der Waals surface area contributed by atoms with E-state index in [0.29, 0.717) is 24.3 Å². The maximum absolute atomic E-state index is 13.0. The number of nitrogens with zero attached hydrogens (tertiary/aromatic N) is 1. The normalized spacial score (nSPS) is 18.5.